The predicted molar refractivity (Wildman–Crippen MR) is 165 cm³/mol. The van der Waals surface area contributed by atoms with Crippen molar-refractivity contribution in [1.82, 2.24) is 5.01 Å². The van der Waals surface area contributed by atoms with Gasteiger partial charge in [0.2, 0.25) is 5.17 Å². The Morgan fingerprint density at radius 2 is 1.66 bits per heavy atom. The Labute approximate surface area is 248 Å². The van der Waals surface area contributed by atoms with Gasteiger partial charge in [-0.25, -0.2) is 0 Å². The number of ether oxygens (including phenoxy) is 3. The lowest BCUT2D eigenvalue weighted by Crippen LogP contribution is -2.35. The number of amides is 1. The van der Waals surface area contributed by atoms with Crippen LogP contribution in [0.3, 0.4) is 0 Å². The molecule has 8 nitrogen and oxygen atoms in total. The van der Waals surface area contributed by atoms with Gasteiger partial charge in [-0.15, -0.1) is 0 Å². The molecule has 2 aliphatic heterocycles. The van der Waals surface area contributed by atoms with E-state index in [0.29, 0.717) is 45.5 Å². The number of nitrogens with one attached hydrogen (secondary N) is 1. The number of amidine groups is 2. The second-order valence-electron chi connectivity index (χ2n) is 9.47. The predicted octanol–water partition coefficient (Wildman–Crippen LogP) is 6.79. The number of carbonyl (C=O) groups is 1. The zero-order valence-corrected chi connectivity index (χ0v) is 24.7. The van der Waals surface area contributed by atoms with Crippen LogP contribution in [0.25, 0.3) is 6.08 Å². The number of fused-ring (bicyclic) bond motifs is 1. The Hall–Kier alpha value is -4.08. The monoisotopic (exact) mass is 588 g/mol. The normalized spacial score (nSPS) is 15.5. The van der Waals surface area contributed by atoms with Crippen LogP contribution in [-0.2, 0) is 4.79 Å². The van der Waals surface area contributed by atoms with Crippen LogP contribution in [0.2, 0.25) is 5.02 Å². The number of aryl methyl sites for hydroxylation is 3. The van der Waals surface area contributed by atoms with Gasteiger partial charge in [-0.05, 0) is 74.4 Å². The third-order valence-corrected chi connectivity index (χ3v) is 7.62. The molecule has 0 aromatic heterocycles. The van der Waals surface area contributed by atoms with Crippen molar-refractivity contribution in [2.75, 3.05) is 19.8 Å². The van der Waals surface area contributed by atoms with E-state index in [2.05, 4.69) is 10.1 Å². The highest BCUT2D eigenvalue weighted by Gasteiger charge is 2.36. The molecule has 0 bridgehead atoms. The number of hydrogen-bond donors (Lipinski definition) is 1. The Kier molecular flexibility index (Phi) is 8.46. The van der Waals surface area contributed by atoms with Crippen LogP contribution in [-0.4, -0.2) is 46.8 Å². The van der Waals surface area contributed by atoms with Crippen molar-refractivity contribution in [2.24, 2.45) is 10.1 Å². The molecule has 0 radical (unpaired) electrons. The van der Waals surface area contributed by atoms with Gasteiger partial charge in [-0.2, -0.15) is 15.1 Å². The average molecular weight is 589 g/mol. The van der Waals surface area contributed by atoms with Gasteiger partial charge in [0.15, 0.2) is 17.3 Å². The zero-order chi connectivity index (χ0) is 29.1. The first kappa shape index (κ1) is 28.4. The van der Waals surface area contributed by atoms with Crippen molar-refractivity contribution in [3.8, 4) is 17.2 Å². The summed E-state index contributed by atoms with van der Waals surface area (Å²) >= 11 is 7.88. The maximum atomic E-state index is 13.0. The second-order valence-corrected chi connectivity index (χ2v) is 10.8. The van der Waals surface area contributed by atoms with Gasteiger partial charge >= 0.3 is 0 Å². The molecular formula is C31H29ClN4O4S. The van der Waals surface area contributed by atoms with Gasteiger partial charge in [-0.3, -0.25) is 10.2 Å². The summed E-state index contributed by atoms with van der Waals surface area (Å²) in [6.45, 7) is 8.83. The van der Waals surface area contributed by atoms with Crippen LogP contribution < -0.4 is 14.2 Å². The Balaban J connectivity index is 1.34. The maximum absolute atomic E-state index is 13.0. The Morgan fingerprint density at radius 3 is 2.34 bits per heavy atom. The lowest BCUT2D eigenvalue weighted by molar-refractivity contribution is -0.114. The van der Waals surface area contributed by atoms with Gasteiger partial charge in [-0.1, -0.05) is 59.6 Å². The fraction of sp³-hybridized carbons (Fsp3) is 0.226. The minimum Gasteiger partial charge on any atom is -0.490 e. The minimum absolute atomic E-state index is 0.0623. The molecule has 0 atom stereocenters. The van der Waals surface area contributed by atoms with Crippen molar-refractivity contribution < 1.29 is 19.0 Å². The summed E-state index contributed by atoms with van der Waals surface area (Å²) in [5, 5.41) is 16.0. The third kappa shape index (κ3) is 6.16. The molecule has 0 saturated carbocycles. The summed E-state index contributed by atoms with van der Waals surface area (Å²) < 4.78 is 17.7. The number of benzene rings is 3. The quantitative estimate of drug-likeness (QED) is 0.218. The number of rotatable bonds is 9. The summed E-state index contributed by atoms with van der Waals surface area (Å²) in [6.07, 6.45) is 1.57. The van der Waals surface area contributed by atoms with E-state index in [0.717, 1.165) is 28.0 Å². The number of carbonyl (C=O) groups excluding carboxylic acids is 1. The molecule has 1 N–H and O–H groups in total. The van der Waals surface area contributed by atoms with Crippen LogP contribution in [0.1, 0.15) is 34.7 Å². The van der Waals surface area contributed by atoms with Crippen molar-refractivity contribution in [3.05, 3.63) is 93.0 Å². The highest BCUT2D eigenvalue weighted by molar-refractivity contribution is 8.27. The number of aliphatic imine (C=N–C) groups is 1. The highest BCUT2D eigenvalue weighted by atomic mass is 35.5. The molecule has 5 rings (SSSR count). The fourth-order valence-corrected chi connectivity index (χ4v) is 5.53. The number of para-hydroxylation sites is 1. The molecule has 2 aliphatic rings. The van der Waals surface area contributed by atoms with E-state index in [1.807, 2.05) is 70.2 Å². The van der Waals surface area contributed by atoms with E-state index >= 15 is 0 Å². The van der Waals surface area contributed by atoms with Crippen LogP contribution in [0.4, 0.5) is 0 Å². The number of nitrogens with zero attached hydrogens (tertiary/aromatic N) is 3. The second kappa shape index (κ2) is 12.2. The van der Waals surface area contributed by atoms with E-state index < -0.39 is 5.91 Å². The van der Waals surface area contributed by atoms with E-state index in [-0.39, 0.29) is 18.0 Å². The molecule has 0 aliphatic carbocycles. The van der Waals surface area contributed by atoms with Gasteiger partial charge in [0, 0.05) is 5.56 Å². The number of hydrazone groups is 1. The summed E-state index contributed by atoms with van der Waals surface area (Å²) in [6, 6.07) is 17.3. The van der Waals surface area contributed by atoms with Crippen LogP contribution in [0, 0.1) is 26.2 Å². The molecule has 1 amide bonds. The van der Waals surface area contributed by atoms with Crippen molar-refractivity contribution in [1.29, 1.82) is 5.41 Å². The van der Waals surface area contributed by atoms with Gasteiger partial charge in [0.25, 0.3) is 5.91 Å². The summed E-state index contributed by atoms with van der Waals surface area (Å²) in [5.41, 5.74) is 4.80. The molecule has 210 valence electrons. The Morgan fingerprint density at radius 1 is 0.976 bits per heavy atom. The van der Waals surface area contributed by atoms with Crippen LogP contribution >= 0.6 is 23.4 Å². The third-order valence-electron chi connectivity index (χ3n) is 6.38. The molecule has 41 heavy (non-hydrogen) atoms. The Bertz CT molecular complexity index is 1590. The fourth-order valence-electron chi connectivity index (χ4n) is 4.36. The van der Waals surface area contributed by atoms with E-state index in [1.54, 1.807) is 18.2 Å². The topological polar surface area (TPSA) is 96.6 Å². The van der Waals surface area contributed by atoms with Gasteiger partial charge in [0.1, 0.15) is 24.0 Å². The van der Waals surface area contributed by atoms with Crippen molar-refractivity contribution in [3.63, 3.8) is 0 Å². The average Bonchev–Trinajstić information content (AvgIpc) is 3.36. The molecule has 0 fully saturated rings. The molecule has 2 heterocycles. The lowest BCUT2D eigenvalue weighted by atomic mass is 10.1. The molecule has 0 saturated heterocycles. The van der Waals surface area contributed by atoms with E-state index in [9.17, 15) is 4.79 Å². The molecule has 3 aromatic rings. The summed E-state index contributed by atoms with van der Waals surface area (Å²) in [5.74, 6) is 1.06. The standard InChI is InChI=1S/C31H29ClN4O4S/c1-5-38-25-17-21(16-24(32)27(25)40-14-13-39-26-19(3)7-6-8-20(26)4)15-23-28(33)36-31(34-29(23)37)41-30(35-36)22-11-9-18(2)10-12-22/h6-12,15-17,33H,5,13-14H2,1-4H3/b23-15+,33-28?. The largest absolute Gasteiger partial charge is 0.490 e. The number of hydrogen-bond acceptors (Lipinski definition) is 7. The molecule has 10 heteroatoms. The summed E-state index contributed by atoms with van der Waals surface area (Å²) in [7, 11) is 0. The van der Waals surface area contributed by atoms with Crippen LogP contribution in [0.5, 0.6) is 17.2 Å². The maximum Gasteiger partial charge on any atom is 0.283 e. The first-order valence-electron chi connectivity index (χ1n) is 13.1. The first-order chi connectivity index (χ1) is 19.7. The smallest absolute Gasteiger partial charge is 0.283 e. The van der Waals surface area contributed by atoms with Gasteiger partial charge in [0.05, 0.1) is 17.2 Å². The molecular weight excluding hydrogens is 560 g/mol. The SMILES string of the molecule is CCOc1cc(/C=C2\C(=N)N3N=C(c4ccc(C)cc4)SC3=NC2=O)cc(Cl)c1OCCOc1c(C)cccc1C. The lowest BCUT2D eigenvalue weighted by Gasteiger charge is -2.20. The van der Waals surface area contributed by atoms with Crippen molar-refractivity contribution in [2.45, 2.75) is 27.7 Å². The summed E-state index contributed by atoms with van der Waals surface area (Å²) in [4.78, 5) is 17.1. The van der Waals surface area contributed by atoms with E-state index in [1.165, 1.54) is 16.8 Å². The highest BCUT2D eigenvalue weighted by Crippen LogP contribution is 2.38. The first-order valence-corrected chi connectivity index (χ1v) is 14.3. The minimum atomic E-state index is -0.521. The van der Waals surface area contributed by atoms with Gasteiger partial charge < -0.3 is 14.2 Å². The van der Waals surface area contributed by atoms with Crippen LogP contribution in [0.15, 0.2) is 70.3 Å². The molecule has 0 spiro atoms. The number of halogens is 1. The molecule has 3 aromatic carbocycles. The van der Waals surface area contributed by atoms with Crippen molar-refractivity contribution >= 4 is 51.4 Å². The number of thioether (sulfide) groups is 1. The molecule has 0 unspecified atom stereocenters. The zero-order valence-electron chi connectivity index (χ0n) is 23.2. The van der Waals surface area contributed by atoms with E-state index in [4.69, 9.17) is 31.2 Å².